The van der Waals surface area contributed by atoms with E-state index in [-0.39, 0.29) is 24.7 Å². The second-order valence-corrected chi connectivity index (χ2v) is 5.01. The van der Waals surface area contributed by atoms with Gasteiger partial charge in [-0.15, -0.1) is 0 Å². The topological polar surface area (TPSA) is 55.4 Å². The van der Waals surface area contributed by atoms with Gasteiger partial charge in [0.15, 0.2) is 0 Å². The van der Waals surface area contributed by atoms with Crippen LogP contribution in [0.15, 0.2) is 24.3 Å². The molecule has 0 aliphatic rings. The lowest BCUT2D eigenvalue weighted by Crippen LogP contribution is -2.14. The fourth-order valence-electron chi connectivity index (χ4n) is 2.01. The van der Waals surface area contributed by atoms with Crippen molar-refractivity contribution in [2.24, 2.45) is 0 Å². The van der Waals surface area contributed by atoms with Crippen molar-refractivity contribution in [2.75, 3.05) is 11.9 Å². The average Bonchev–Trinajstić information content (AvgIpc) is 2.48. The lowest BCUT2D eigenvalue weighted by Gasteiger charge is -2.06. The highest BCUT2D eigenvalue weighted by atomic mass is 16.5. The van der Waals surface area contributed by atoms with Gasteiger partial charge in [0.1, 0.15) is 0 Å². The molecule has 4 nitrogen and oxygen atoms in total. The zero-order valence-corrected chi connectivity index (χ0v) is 13.0. The largest absolute Gasteiger partial charge is 0.466 e. The highest BCUT2D eigenvalue weighted by molar-refractivity contribution is 5.92. The molecule has 0 unspecified atom stereocenters. The third kappa shape index (κ3) is 7.49. The number of hydrogen-bond acceptors (Lipinski definition) is 3. The van der Waals surface area contributed by atoms with Gasteiger partial charge in [0.25, 0.3) is 0 Å². The molecule has 0 atom stereocenters. The van der Waals surface area contributed by atoms with Crippen molar-refractivity contribution in [3.05, 3.63) is 29.8 Å². The van der Waals surface area contributed by atoms with E-state index >= 15 is 0 Å². The highest BCUT2D eigenvalue weighted by Crippen LogP contribution is 2.13. The fourth-order valence-corrected chi connectivity index (χ4v) is 2.01. The molecule has 1 amide bonds. The van der Waals surface area contributed by atoms with Crippen LogP contribution in [0.2, 0.25) is 0 Å². The quantitative estimate of drug-likeness (QED) is 0.557. The standard InChI is InChI=1S/C17H25NO3/c1-3-5-6-7-14-8-10-15(11-9-14)18-16(19)12-13-17(20)21-4-2/h8-11H,3-7,12-13H2,1-2H3,(H,18,19). The Morgan fingerprint density at radius 3 is 2.38 bits per heavy atom. The maximum atomic E-state index is 11.7. The van der Waals surface area contributed by atoms with E-state index in [4.69, 9.17) is 4.74 Å². The number of esters is 1. The summed E-state index contributed by atoms with van der Waals surface area (Å²) < 4.78 is 4.79. The molecule has 1 N–H and O–H groups in total. The molecule has 0 saturated heterocycles. The van der Waals surface area contributed by atoms with Gasteiger partial charge < -0.3 is 10.1 Å². The number of hydrogen-bond donors (Lipinski definition) is 1. The van der Waals surface area contributed by atoms with E-state index in [2.05, 4.69) is 12.2 Å². The second kappa shape index (κ2) is 9.97. The molecule has 0 aliphatic heterocycles. The number of anilines is 1. The molecule has 1 rings (SSSR count). The van der Waals surface area contributed by atoms with Crippen molar-refractivity contribution in [1.82, 2.24) is 0 Å². The van der Waals surface area contributed by atoms with Crippen LogP contribution in [-0.2, 0) is 20.7 Å². The first-order valence-corrected chi connectivity index (χ1v) is 7.70. The van der Waals surface area contributed by atoms with Crippen molar-refractivity contribution >= 4 is 17.6 Å². The predicted octanol–water partition coefficient (Wildman–Crippen LogP) is 3.70. The first-order chi connectivity index (χ1) is 10.2. The average molecular weight is 291 g/mol. The summed E-state index contributed by atoms with van der Waals surface area (Å²) in [6.45, 7) is 4.29. The van der Waals surface area contributed by atoms with Crippen LogP contribution in [0.5, 0.6) is 0 Å². The van der Waals surface area contributed by atoms with Crippen molar-refractivity contribution in [2.45, 2.75) is 52.4 Å². The van der Waals surface area contributed by atoms with Gasteiger partial charge in [0.2, 0.25) is 5.91 Å². The van der Waals surface area contributed by atoms with Gasteiger partial charge in [-0.1, -0.05) is 31.9 Å². The van der Waals surface area contributed by atoms with Crippen molar-refractivity contribution in [3.8, 4) is 0 Å². The number of unbranched alkanes of at least 4 members (excludes halogenated alkanes) is 2. The van der Waals surface area contributed by atoms with Crippen molar-refractivity contribution in [3.63, 3.8) is 0 Å². The van der Waals surface area contributed by atoms with Crippen molar-refractivity contribution < 1.29 is 14.3 Å². The molecule has 0 saturated carbocycles. The van der Waals surface area contributed by atoms with Crippen LogP contribution in [0, 0.1) is 0 Å². The van der Waals surface area contributed by atoms with Crippen LogP contribution in [0.25, 0.3) is 0 Å². The fraction of sp³-hybridized carbons (Fsp3) is 0.529. The molecule has 21 heavy (non-hydrogen) atoms. The first kappa shape index (κ1) is 17.2. The van der Waals surface area contributed by atoms with E-state index in [9.17, 15) is 9.59 Å². The number of carbonyl (C=O) groups excluding carboxylic acids is 2. The van der Waals surface area contributed by atoms with Crippen LogP contribution in [0.1, 0.15) is 51.5 Å². The monoisotopic (exact) mass is 291 g/mol. The zero-order valence-electron chi connectivity index (χ0n) is 13.0. The Hall–Kier alpha value is -1.84. The van der Waals surface area contributed by atoms with Crippen LogP contribution < -0.4 is 5.32 Å². The smallest absolute Gasteiger partial charge is 0.306 e. The number of rotatable bonds is 9. The number of ether oxygens (including phenoxy) is 1. The van der Waals surface area contributed by atoms with Gasteiger partial charge in [-0.05, 0) is 37.5 Å². The van der Waals surface area contributed by atoms with Gasteiger partial charge in [-0.3, -0.25) is 9.59 Å². The minimum Gasteiger partial charge on any atom is -0.466 e. The molecule has 1 aromatic rings. The van der Waals surface area contributed by atoms with Gasteiger partial charge in [0, 0.05) is 12.1 Å². The second-order valence-electron chi connectivity index (χ2n) is 5.01. The summed E-state index contributed by atoms with van der Waals surface area (Å²) in [6.07, 6.45) is 5.00. The molecule has 0 spiro atoms. The van der Waals surface area contributed by atoms with E-state index in [1.807, 2.05) is 24.3 Å². The van der Waals surface area contributed by atoms with Crippen LogP contribution in [0.3, 0.4) is 0 Å². The third-order valence-corrected chi connectivity index (χ3v) is 3.17. The van der Waals surface area contributed by atoms with Gasteiger partial charge in [-0.2, -0.15) is 0 Å². The lowest BCUT2D eigenvalue weighted by molar-refractivity contribution is -0.144. The summed E-state index contributed by atoms with van der Waals surface area (Å²) in [7, 11) is 0. The third-order valence-electron chi connectivity index (χ3n) is 3.17. The molecular weight excluding hydrogens is 266 g/mol. The molecule has 0 radical (unpaired) electrons. The molecule has 4 heteroatoms. The molecule has 0 aliphatic carbocycles. The number of nitrogens with one attached hydrogen (secondary N) is 1. The summed E-state index contributed by atoms with van der Waals surface area (Å²) in [5.74, 6) is -0.499. The molecule has 0 fully saturated rings. The zero-order chi connectivity index (χ0) is 15.5. The van der Waals surface area contributed by atoms with Crippen LogP contribution in [-0.4, -0.2) is 18.5 Å². The molecular formula is C17H25NO3. The normalized spacial score (nSPS) is 10.2. The molecule has 0 heterocycles. The number of benzene rings is 1. The number of aryl methyl sites for hydroxylation is 1. The van der Waals surface area contributed by atoms with Gasteiger partial charge >= 0.3 is 5.97 Å². The van der Waals surface area contributed by atoms with Gasteiger partial charge in [-0.25, -0.2) is 0 Å². The Balaban J connectivity index is 2.34. The maximum Gasteiger partial charge on any atom is 0.306 e. The van der Waals surface area contributed by atoms with E-state index < -0.39 is 0 Å². The summed E-state index contributed by atoms with van der Waals surface area (Å²) >= 11 is 0. The van der Waals surface area contributed by atoms with E-state index in [1.54, 1.807) is 6.92 Å². The number of carbonyl (C=O) groups is 2. The lowest BCUT2D eigenvalue weighted by atomic mass is 10.1. The SMILES string of the molecule is CCCCCc1ccc(NC(=O)CCC(=O)OCC)cc1. The number of amides is 1. The first-order valence-electron chi connectivity index (χ1n) is 7.70. The highest BCUT2D eigenvalue weighted by Gasteiger charge is 2.07. The van der Waals surface area contributed by atoms with E-state index in [0.717, 1.165) is 12.1 Å². The Morgan fingerprint density at radius 1 is 1.05 bits per heavy atom. The summed E-state index contributed by atoms with van der Waals surface area (Å²) in [5.41, 5.74) is 2.05. The predicted molar refractivity (Wildman–Crippen MR) is 84.2 cm³/mol. The summed E-state index contributed by atoms with van der Waals surface area (Å²) in [6, 6.07) is 7.89. The van der Waals surface area contributed by atoms with Gasteiger partial charge in [0.05, 0.1) is 13.0 Å². The van der Waals surface area contributed by atoms with Crippen LogP contribution >= 0.6 is 0 Å². The Labute approximate surface area is 126 Å². The maximum absolute atomic E-state index is 11.7. The minimum absolute atomic E-state index is 0.120. The summed E-state index contributed by atoms with van der Waals surface area (Å²) in [5, 5.41) is 2.79. The Morgan fingerprint density at radius 2 is 1.76 bits per heavy atom. The van der Waals surface area contributed by atoms with Crippen LogP contribution in [0.4, 0.5) is 5.69 Å². The Kier molecular flexibility index (Phi) is 8.17. The molecule has 0 bridgehead atoms. The Bertz CT molecular complexity index is 440. The van der Waals surface area contributed by atoms with Crippen molar-refractivity contribution in [1.29, 1.82) is 0 Å². The van der Waals surface area contributed by atoms with E-state index in [1.165, 1.54) is 24.8 Å². The van der Waals surface area contributed by atoms with E-state index in [0.29, 0.717) is 6.61 Å². The summed E-state index contributed by atoms with van der Waals surface area (Å²) in [4.78, 5) is 22.9. The molecule has 116 valence electrons. The minimum atomic E-state index is -0.334. The molecule has 0 aromatic heterocycles. The molecule has 1 aromatic carbocycles.